The summed E-state index contributed by atoms with van der Waals surface area (Å²) < 4.78 is 0. The number of rotatable bonds is 7. The number of hydrogen-bond donors (Lipinski definition) is 4. The Morgan fingerprint density at radius 3 is 2.42 bits per heavy atom. The maximum atomic E-state index is 13.1. The van der Waals surface area contributed by atoms with Gasteiger partial charge in [-0.2, -0.15) is 0 Å². The Morgan fingerprint density at radius 2 is 1.73 bits per heavy atom. The van der Waals surface area contributed by atoms with Crippen LogP contribution in [0.2, 0.25) is 0 Å². The number of carboxylic acid groups (broad SMARTS) is 1. The normalized spacial score (nSPS) is 24.1. The van der Waals surface area contributed by atoms with E-state index in [9.17, 15) is 24.0 Å². The van der Waals surface area contributed by atoms with E-state index in [1.807, 2.05) is 0 Å². The molecular formula is C22H35N5O6. The molecule has 3 rings (SSSR count). The second-order valence-corrected chi connectivity index (χ2v) is 9.08. The minimum atomic E-state index is -0.982. The van der Waals surface area contributed by atoms with Gasteiger partial charge in [0.25, 0.3) is 0 Å². The predicted octanol–water partition coefficient (Wildman–Crippen LogP) is 0.191. The Kier molecular flexibility index (Phi) is 8.90. The van der Waals surface area contributed by atoms with E-state index < -0.39 is 24.0 Å². The molecule has 5 amide bonds. The van der Waals surface area contributed by atoms with Crippen molar-refractivity contribution in [1.82, 2.24) is 25.8 Å². The van der Waals surface area contributed by atoms with Crippen LogP contribution in [0.3, 0.4) is 0 Å². The Morgan fingerprint density at radius 1 is 0.970 bits per heavy atom. The van der Waals surface area contributed by atoms with Gasteiger partial charge in [-0.1, -0.05) is 19.3 Å². The van der Waals surface area contributed by atoms with Crippen molar-refractivity contribution >= 4 is 29.7 Å². The highest BCUT2D eigenvalue weighted by Gasteiger charge is 2.38. The van der Waals surface area contributed by atoms with Crippen LogP contribution in [0.15, 0.2) is 0 Å². The van der Waals surface area contributed by atoms with E-state index in [-0.39, 0.29) is 62.8 Å². The van der Waals surface area contributed by atoms with Crippen LogP contribution < -0.4 is 16.0 Å². The second kappa shape index (κ2) is 11.9. The Bertz CT molecular complexity index is 754. The molecule has 2 atom stereocenters. The fourth-order valence-electron chi connectivity index (χ4n) is 4.72. The lowest BCUT2D eigenvalue weighted by Gasteiger charge is -2.41. The molecule has 2 aliphatic heterocycles. The molecule has 184 valence electrons. The zero-order valence-corrected chi connectivity index (χ0v) is 19.0. The summed E-state index contributed by atoms with van der Waals surface area (Å²) in [5.41, 5.74) is 0. The van der Waals surface area contributed by atoms with Crippen LogP contribution in [0.1, 0.15) is 64.2 Å². The van der Waals surface area contributed by atoms with Crippen LogP contribution in [0.4, 0.5) is 4.79 Å². The maximum Gasteiger partial charge on any atom is 0.317 e. The van der Waals surface area contributed by atoms with Gasteiger partial charge >= 0.3 is 12.0 Å². The highest BCUT2D eigenvalue weighted by molar-refractivity contribution is 5.93. The number of carboxylic acids is 1. The molecule has 11 heteroatoms. The Labute approximate surface area is 193 Å². The van der Waals surface area contributed by atoms with Crippen molar-refractivity contribution in [3.05, 3.63) is 0 Å². The van der Waals surface area contributed by atoms with E-state index in [4.69, 9.17) is 5.11 Å². The Balaban J connectivity index is 1.65. The number of urea groups is 1. The fourth-order valence-corrected chi connectivity index (χ4v) is 4.72. The van der Waals surface area contributed by atoms with Crippen molar-refractivity contribution in [2.24, 2.45) is 0 Å². The SMILES string of the molecule is O=C(O)CCCC(=O)N1CCN(C(=O)NC2CCCCC2)C[C@H]1C(=O)N[C@H]1CCCNC1=O. The molecule has 4 N–H and O–H groups in total. The largest absolute Gasteiger partial charge is 0.481 e. The summed E-state index contributed by atoms with van der Waals surface area (Å²) in [6.07, 6.45) is 6.53. The molecule has 0 bridgehead atoms. The third kappa shape index (κ3) is 7.06. The number of piperazine rings is 1. The average Bonchev–Trinajstić information content (AvgIpc) is 2.80. The number of aliphatic carboxylic acids is 1. The fraction of sp³-hybridized carbons (Fsp3) is 0.773. The summed E-state index contributed by atoms with van der Waals surface area (Å²) in [5.74, 6) is -2.03. The highest BCUT2D eigenvalue weighted by atomic mass is 16.4. The molecule has 0 radical (unpaired) electrons. The molecule has 0 unspecified atom stereocenters. The van der Waals surface area contributed by atoms with Crippen molar-refractivity contribution in [2.75, 3.05) is 26.2 Å². The number of nitrogens with one attached hydrogen (secondary N) is 3. The summed E-state index contributed by atoms with van der Waals surface area (Å²) in [5, 5.41) is 17.3. The van der Waals surface area contributed by atoms with Gasteiger partial charge in [-0.05, 0) is 32.1 Å². The predicted molar refractivity (Wildman–Crippen MR) is 118 cm³/mol. The molecule has 0 aromatic heterocycles. The molecule has 33 heavy (non-hydrogen) atoms. The van der Waals surface area contributed by atoms with Crippen LogP contribution >= 0.6 is 0 Å². The van der Waals surface area contributed by atoms with Crippen molar-refractivity contribution in [2.45, 2.75) is 82.3 Å². The van der Waals surface area contributed by atoms with Gasteiger partial charge in [-0.15, -0.1) is 0 Å². The van der Waals surface area contributed by atoms with Gasteiger partial charge < -0.3 is 30.9 Å². The van der Waals surface area contributed by atoms with Crippen LogP contribution in [0, 0.1) is 0 Å². The summed E-state index contributed by atoms with van der Waals surface area (Å²) in [4.78, 5) is 64.6. The van der Waals surface area contributed by atoms with Crippen molar-refractivity contribution in [3.63, 3.8) is 0 Å². The molecule has 3 aliphatic rings. The summed E-state index contributed by atoms with van der Waals surface area (Å²) in [7, 11) is 0. The summed E-state index contributed by atoms with van der Waals surface area (Å²) >= 11 is 0. The van der Waals surface area contributed by atoms with Gasteiger partial charge in [0, 0.05) is 38.5 Å². The zero-order valence-electron chi connectivity index (χ0n) is 19.0. The Hall–Kier alpha value is -2.85. The van der Waals surface area contributed by atoms with E-state index in [0.29, 0.717) is 13.0 Å². The van der Waals surface area contributed by atoms with Crippen LogP contribution in [0.25, 0.3) is 0 Å². The number of amides is 5. The molecule has 3 fully saturated rings. The van der Waals surface area contributed by atoms with Crippen molar-refractivity contribution < 1.29 is 29.1 Å². The van der Waals surface area contributed by atoms with E-state index in [2.05, 4.69) is 16.0 Å². The lowest BCUT2D eigenvalue weighted by molar-refractivity contribution is -0.144. The minimum absolute atomic E-state index is 0.00820. The first-order chi connectivity index (χ1) is 15.8. The van der Waals surface area contributed by atoms with Crippen molar-refractivity contribution in [1.29, 1.82) is 0 Å². The van der Waals surface area contributed by atoms with Crippen LogP contribution in [-0.2, 0) is 19.2 Å². The molecule has 0 spiro atoms. The first-order valence-corrected chi connectivity index (χ1v) is 12.0. The molecule has 0 aromatic carbocycles. The number of piperidine rings is 1. The molecule has 1 aliphatic carbocycles. The van der Waals surface area contributed by atoms with Gasteiger partial charge in [0.1, 0.15) is 12.1 Å². The smallest absolute Gasteiger partial charge is 0.317 e. The lowest BCUT2D eigenvalue weighted by Crippen LogP contribution is -2.64. The molecule has 0 aromatic rings. The topological polar surface area (TPSA) is 148 Å². The van der Waals surface area contributed by atoms with Crippen molar-refractivity contribution in [3.8, 4) is 0 Å². The molecular weight excluding hydrogens is 430 g/mol. The maximum absolute atomic E-state index is 13.1. The van der Waals surface area contributed by atoms with Gasteiger partial charge in [0.05, 0.1) is 6.54 Å². The number of nitrogens with zero attached hydrogens (tertiary/aromatic N) is 2. The standard InChI is InChI=1S/C22H35N5O6/c28-18(9-4-10-19(29)30)27-13-12-26(22(33)24-15-6-2-1-3-7-15)14-17(27)21(32)25-16-8-5-11-23-20(16)31/h15-17H,1-14H2,(H,23,31)(H,24,33)(H,25,32)(H,29,30)/t16-,17-/m0/s1. The molecule has 1 saturated carbocycles. The molecule has 2 heterocycles. The van der Waals surface area contributed by atoms with Gasteiger partial charge in [0.2, 0.25) is 17.7 Å². The number of carbonyl (C=O) groups is 5. The number of carbonyl (C=O) groups excluding carboxylic acids is 4. The second-order valence-electron chi connectivity index (χ2n) is 9.08. The van der Waals surface area contributed by atoms with E-state index in [1.54, 1.807) is 4.90 Å². The first kappa shape index (κ1) is 24.8. The highest BCUT2D eigenvalue weighted by Crippen LogP contribution is 2.19. The summed E-state index contributed by atoms with van der Waals surface area (Å²) in [6.45, 7) is 1.07. The van der Waals surface area contributed by atoms with Crippen LogP contribution in [0.5, 0.6) is 0 Å². The van der Waals surface area contributed by atoms with Gasteiger partial charge in [-0.25, -0.2) is 4.79 Å². The third-order valence-corrected chi connectivity index (χ3v) is 6.61. The quantitative estimate of drug-likeness (QED) is 0.422. The molecule has 11 nitrogen and oxygen atoms in total. The zero-order chi connectivity index (χ0) is 23.8. The molecule has 2 saturated heterocycles. The van der Waals surface area contributed by atoms with Gasteiger partial charge in [-0.3, -0.25) is 19.2 Å². The third-order valence-electron chi connectivity index (χ3n) is 6.61. The van der Waals surface area contributed by atoms with Gasteiger partial charge in [0.15, 0.2) is 0 Å². The number of hydrogen-bond acceptors (Lipinski definition) is 5. The average molecular weight is 466 g/mol. The minimum Gasteiger partial charge on any atom is -0.481 e. The first-order valence-electron chi connectivity index (χ1n) is 12.0. The van der Waals surface area contributed by atoms with E-state index >= 15 is 0 Å². The monoisotopic (exact) mass is 465 g/mol. The van der Waals surface area contributed by atoms with Crippen LogP contribution in [-0.4, -0.2) is 88.9 Å². The summed E-state index contributed by atoms with van der Waals surface area (Å²) in [6, 6.07) is -1.71. The van der Waals surface area contributed by atoms with E-state index in [1.165, 1.54) is 11.3 Å². The lowest BCUT2D eigenvalue weighted by atomic mass is 9.96. The van der Waals surface area contributed by atoms with E-state index in [0.717, 1.165) is 32.1 Å².